The lowest BCUT2D eigenvalue weighted by atomic mass is 9.97. The van der Waals surface area contributed by atoms with Crippen LogP contribution in [0, 0.1) is 6.07 Å². The predicted octanol–water partition coefficient (Wildman–Crippen LogP) is 4.95. The number of hydrogen-bond donors (Lipinski definition) is 0. The first kappa shape index (κ1) is 13.3. The van der Waals surface area contributed by atoms with E-state index < -0.39 is 0 Å². The van der Waals surface area contributed by atoms with E-state index in [-0.39, 0.29) is 0 Å². The Morgan fingerprint density at radius 3 is 2.12 bits per heavy atom. The number of benzene rings is 1. The van der Waals surface area contributed by atoms with E-state index in [1.807, 2.05) is 0 Å². The predicted molar refractivity (Wildman–Crippen MR) is 71.7 cm³/mol. The molecule has 0 fully saturated rings. The summed E-state index contributed by atoms with van der Waals surface area (Å²) in [5.41, 5.74) is 3.09. The quantitative estimate of drug-likeness (QED) is 0.540. The molecule has 0 amide bonds. The summed E-state index contributed by atoms with van der Waals surface area (Å²) in [6.07, 6.45) is 10.5. The number of hydrogen-bond acceptors (Lipinski definition) is 0. The van der Waals surface area contributed by atoms with Crippen LogP contribution in [-0.2, 0) is 12.8 Å². The first-order valence-corrected chi connectivity index (χ1v) is 6.86. The van der Waals surface area contributed by atoms with Crippen LogP contribution in [0.5, 0.6) is 0 Å². The van der Waals surface area contributed by atoms with Crippen molar-refractivity contribution in [3.05, 3.63) is 35.4 Å². The molecule has 0 saturated carbocycles. The van der Waals surface area contributed by atoms with Crippen molar-refractivity contribution in [3.63, 3.8) is 0 Å². The summed E-state index contributed by atoms with van der Waals surface area (Å²) < 4.78 is 0. The van der Waals surface area contributed by atoms with Crippen LogP contribution in [0.2, 0.25) is 0 Å². The van der Waals surface area contributed by atoms with Crippen LogP contribution >= 0.6 is 0 Å². The van der Waals surface area contributed by atoms with Crippen LogP contribution in [0.25, 0.3) is 0 Å². The summed E-state index contributed by atoms with van der Waals surface area (Å²) >= 11 is 0. The molecule has 0 heterocycles. The SMILES string of the molecule is CCCCCc1c[c]ccc1CCCCC. The fourth-order valence-electron chi connectivity index (χ4n) is 2.10. The van der Waals surface area contributed by atoms with Crippen molar-refractivity contribution < 1.29 is 0 Å². The third-order valence-electron chi connectivity index (χ3n) is 3.15. The van der Waals surface area contributed by atoms with Crippen molar-refractivity contribution in [2.75, 3.05) is 0 Å². The molecule has 0 nitrogen and oxygen atoms in total. The Hall–Kier alpha value is -0.780. The molecule has 0 aliphatic carbocycles. The van der Waals surface area contributed by atoms with Gasteiger partial charge in [0.1, 0.15) is 0 Å². The third kappa shape index (κ3) is 4.83. The van der Waals surface area contributed by atoms with Crippen LogP contribution in [-0.4, -0.2) is 0 Å². The largest absolute Gasteiger partial charge is 0.0654 e. The summed E-state index contributed by atoms with van der Waals surface area (Å²) in [7, 11) is 0. The van der Waals surface area contributed by atoms with Gasteiger partial charge in [-0.05, 0) is 42.9 Å². The number of rotatable bonds is 8. The van der Waals surface area contributed by atoms with Crippen molar-refractivity contribution in [1.29, 1.82) is 0 Å². The molecule has 0 bridgehead atoms. The zero-order valence-electron chi connectivity index (χ0n) is 10.9. The molecule has 0 atom stereocenters. The van der Waals surface area contributed by atoms with Gasteiger partial charge in [0.25, 0.3) is 0 Å². The molecular weight excluding hydrogens is 192 g/mol. The maximum Gasteiger partial charge on any atom is -0.0181 e. The van der Waals surface area contributed by atoms with E-state index in [9.17, 15) is 0 Å². The smallest absolute Gasteiger partial charge is 0.0181 e. The molecule has 16 heavy (non-hydrogen) atoms. The Kier molecular flexibility index (Phi) is 6.96. The summed E-state index contributed by atoms with van der Waals surface area (Å²) in [6, 6.07) is 9.73. The Labute approximate surface area is 101 Å². The zero-order valence-corrected chi connectivity index (χ0v) is 10.9. The Bertz CT molecular complexity index is 246. The lowest BCUT2D eigenvalue weighted by Gasteiger charge is -2.08. The topological polar surface area (TPSA) is 0 Å². The highest BCUT2D eigenvalue weighted by atomic mass is 14.1. The van der Waals surface area contributed by atoms with Gasteiger partial charge in [0.2, 0.25) is 0 Å². The monoisotopic (exact) mass is 217 g/mol. The average molecular weight is 217 g/mol. The molecule has 1 radical (unpaired) electrons. The molecule has 0 spiro atoms. The van der Waals surface area contributed by atoms with Crippen molar-refractivity contribution in [1.82, 2.24) is 0 Å². The Balaban J connectivity index is 2.46. The molecule has 0 N–H and O–H groups in total. The van der Waals surface area contributed by atoms with Gasteiger partial charge in [0.15, 0.2) is 0 Å². The third-order valence-corrected chi connectivity index (χ3v) is 3.15. The molecular formula is C16H25. The van der Waals surface area contributed by atoms with E-state index in [2.05, 4.69) is 38.1 Å². The molecule has 1 aromatic carbocycles. The van der Waals surface area contributed by atoms with Gasteiger partial charge in [-0.2, -0.15) is 0 Å². The lowest BCUT2D eigenvalue weighted by molar-refractivity contribution is 0.693. The summed E-state index contributed by atoms with van der Waals surface area (Å²) in [5, 5.41) is 0. The van der Waals surface area contributed by atoms with Gasteiger partial charge in [-0.25, -0.2) is 0 Å². The van der Waals surface area contributed by atoms with Crippen LogP contribution in [0.4, 0.5) is 0 Å². The second-order valence-electron chi connectivity index (χ2n) is 4.61. The van der Waals surface area contributed by atoms with Crippen LogP contribution < -0.4 is 0 Å². The van der Waals surface area contributed by atoms with Crippen molar-refractivity contribution in [2.45, 2.75) is 65.2 Å². The molecule has 89 valence electrons. The highest BCUT2D eigenvalue weighted by Gasteiger charge is 2.01. The van der Waals surface area contributed by atoms with Crippen LogP contribution in [0.15, 0.2) is 18.2 Å². The number of aryl methyl sites for hydroxylation is 2. The number of unbranched alkanes of at least 4 members (excludes halogenated alkanes) is 4. The molecule has 0 aliphatic rings. The minimum atomic E-state index is 1.24. The van der Waals surface area contributed by atoms with E-state index in [0.29, 0.717) is 0 Å². The van der Waals surface area contributed by atoms with E-state index in [4.69, 9.17) is 0 Å². The second kappa shape index (κ2) is 8.38. The molecule has 0 aliphatic heterocycles. The van der Waals surface area contributed by atoms with Crippen molar-refractivity contribution in [2.24, 2.45) is 0 Å². The average Bonchev–Trinajstić information content (AvgIpc) is 2.32. The fourth-order valence-corrected chi connectivity index (χ4v) is 2.10. The minimum absolute atomic E-state index is 1.24. The van der Waals surface area contributed by atoms with Crippen molar-refractivity contribution in [3.8, 4) is 0 Å². The Morgan fingerprint density at radius 2 is 1.50 bits per heavy atom. The first-order valence-electron chi connectivity index (χ1n) is 6.86. The highest BCUT2D eigenvalue weighted by Crippen LogP contribution is 2.15. The van der Waals surface area contributed by atoms with E-state index in [1.165, 1.54) is 56.9 Å². The maximum absolute atomic E-state index is 3.22. The van der Waals surface area contributed by atoms with Crippen LogP contribution in [0.1, 0.15) is 63.5 Å². The normalized spacial score (nSPS) is 10.6. The molecule has 0 saturated heterocycles. The summed E-state index contributed by atoms with van der Waals surface area (Å²) in [6.45, 7) is 4.53. The van der Waals surface area contributed by atoms with Gasteiger partial charge in [0.05, 0.1) is 0 Å². The van der Waals surface area contributed by atoms with Gasteiger partial charge < -0.3 is 0 Å². The molecule has 1 rings (SSSR count). The summed E-state index contributed by atoms with van der Waals surface area (Å²) in [5.74, 6) is 0. The molecule has 0 aromatic heterocycles. The Morgan fingerprint density at radius 1 is 0.875 bits per heavy atom. The zero-order chi connectivity index (χ0) is 11.6. The van der Waals surface area contributed by atoms with Gasteiger partial charge >= 0.3 is 0 Å². The molecule has 0 unspecified atom stereocenters. The highest BCUT2D eigenvalue weighted by molar-refractivity contribution is 5.26. The molecule has 1 aromatic rings. The summed E-state index contributed by atoms with van der Waals surface area (Å²) in [4.78, 5) is 0. The van der Waals surface area contributed by atoms with Gasteiger partial charge in [-0.1, -0.05) is 57.7 Å². The van der Waals surface area contributed by atoms with E-state index in [1.54, 1.807) is 5.56 Å². The van der Waals surface area contributed by atoms with E-state index in [0.717, 1.165) is 0 Å². The van der Waals surface area contributed by atoms with E-state index >= 15 is 0 Å². The standard InChI is InChI=1S/C16H25/c1-3-5-7-11-15-13-9-10-14-16(15)12-8-6-4-2/h9,13-14H,3-8,11-12H2,1-2H3. The fraction of sp³-hybridized carbons (Fsp3) is 0.625. The lowest BCUT2D eigenvalue weighted by Crippen LogP contribution is -1.95. The van der Waals surface area contributed by atoms with Gasteiger partial charge in [0, 0.05) is 0 Å². The van der Waals surface area contributed by atoms with Crippen molar-refractivity contribution >= 4 is 0 Å². The second-order valence-corrected chi connectivity index (χ2v) is 4.61. The van der Waals surface area contributed by atoms with Gasteiger partial charge in [-0.3, -0.25) is 0 Å². The van der Waals surface area contributed by atoms with Gasteiger partial charge in [-0.15, -0.1) is 0 Å². The maximum atomic E-state index is 3.22. The molecule has 0 heteroatoms. The van der Waals surface area contributed by atoms with Crippen LogP contribution in [0.3, 0.4) is 0 Å². The minimum Gasteiger partial charge on any atom is -0.0654 e. The first-order chi connectivity index (χ1) is 7.88.